The van der Waals surface area contributed by atoms with Crippen LogP contribution < -0.4 is 5.73 Å². The molecule has 1 aliphatic carbocycles. The molecule has 0 unspecified atom stereocenters. The number of benzene rings is 1. The van der Waals surface area contributed by atoms with Crippen LogP contribution in [0.15, 0.2) is 12.1 Å². The summed E-state index contributed by atoms with van der Waals surface area (Å²) >= 11 is 0. The lowest BCUT2D eigenvalue weighted by Gasteiger charge is -2.24. The second-order valence-electron chi connectivity index (χ2n) is 4.67. The summed E-state index contributed by atoms with van der Waals surface area (Å²) < 4.78 is 31.5. The lowest BCUT2D eigenvalue weighted by atomic mass is 9.88. The van der Waals surface area contributed by atoms with Gasteiger partial charge in [-0.25, -0.2) is 13.6 Å². The van der Waals surface area contributed by atoms with Crippen LogP contribution >= 0.6 is 0 Å². The van der Waals surface area contributed by atoms with Crippen molar-refractivity contribution in [1.29, 1.82) is 0 Å². The maximum absolute atomic E-state index is 13.5. The van der Waals surface area contributed by atoms with Gasteiger partial charge in [0.2, 0.25) is 0 Å². The van der Waals surface area contributed by atoms with Crippen molar-refractivity contribution in [2.24, 2.45) is 5.73 Å². The molecule has 1 saturated carbocycles. The van der Waals surface area contributed by atoms with Crippen LogP contribution in [0.1, 0.15) is 41.6 Å². The van der Waals surface area contributed by atoms with E-state index in [4.69, 9.17) is 5.73 Å². The van der Waals surface area contributed by atoms with Gasteiger partial charge in [0, 0.05) is 5.54 Å². The lowest BCUT2D eigenvalue weighted by molar-refractivity contribution is 0.0594. The van der Waals surface area contributed by atoms with E-state index < -0.39 is 28.7 Å². The summed E-state index contributed by atoms with van der Waals surface area (Å²) in [6, 6.07) is 2.38. The average Bonchev–Trinajstić information content (AvgIpc) is 2.79. The Balaban J connectivity index is 2.50. The van der Waals surface area contributed by atoms with Gasteiger partial charge < -0.3 is 10.5 Å². The number of ether oxygens (including phenoxy) is 1. The number of carbonyl (C=O) groups excluding carboxylic acids is 1. The number of hydrogen-bond acceptors (Lipinski definition) is 3. The van der Waals surface area contributed by atoms with Crippen molar-refractivity contribution in [2.75, 3.05) is 7.11 Å². The van der Waals surface area contributed by atoms with Crippen molar-refractivity contribution in [1.82, 2.24) is 0 Å². The maximum atomic E-state index is 13.5. The Morgan fingerprint density at radius 3 is 2.50 bits per heavy atom. The van der Waals surface area contributed by atoms with Crippen LogP contribution in [0.4, 0.5) is 8.78 Å². The smallest absolute Gasteiger partial charge is 0.340 e. The van der Waals surface area contributed by atoms with Crippen LogP contribution in [0.25, 0.3) is 0 Å². The fourth-order valence-corrected chi connectivity index (χ4v) is 2.43. The summed E-state index contributed by atoms with van der Waals surface area (Å²) in [5.74, 6) is -3.15. The van der Waals surface area contributed by atoms with Crippen LogP contribution in [0.3, 0.4) is 0 Å². The summed E-state index contributed by atoms with van der Waals surface area (Å²) in [5.41, 5.74) is 5.56. The molecule has 5 heteroatoms. The number of carbonyl (C=O) groups is 1. The summed E-state index contributed by atoms with van der Waals surface area (Å²) in [7, 11) is 1.13. The highest BCUT2D eigenvalue weighted by Crippen LogP contribution is 2.37. The number of hydrogen-bond donors (Lipinski definition) is 1. The molecule has 0 radical (unpaired) electrons. The van der Waals surface area contributed by atoms with Crippen LogP contribution in [-0.4, -0.2) is 13.1 Å². The van der Waals surface area contributed by atoms with E-state index in [1.165, 1.54) is 6.07 Å². The van der Waals surface area contributed by atoms with E-state index in [2.05, 4.69) is 4.74 Å². The van der Waals surface area contributed by atoms with Crippen molar-refractivity contribution >= 4 is 5.97 Å². The van der Waals surface area contributed by atoms with Crippen LogP contribution in [0, 0.1) is 11.6 Å². The molecular formula is C13H15F2NO2. The third-order valence-corrected chi connectivity index (χ3v) is 3.50. The quantitative estimate of drug-likeness (QED) is 0.826. The minimum atomic E-state index is -1.19. The highest BCUT2D eigenvalue weighted by Gasteiger charge is 2.33. The van der Waals surface area contributed by atoms with E-state index in [1.54, 1.807) is 0 Å². The number of rotatable bonds is 2. The molecule has 0 aromatic heterocycles. The Bertz CT molecular complexity index is 482. The fourth-order valence-electron chi connectivity index (χ4n) is 2.43. The van der Waals surface area contributed by atoms with Gasteiger partial charge in [0.15, 0.2) is 11.6 Å². The molecule has 0 heterocycles. The van der Waals surface area contributed by atoms with E-state index in [-0.39, 0.29) is 0 Å². The van der Waals surface area contributed by atoms with Crippen molar-refractivity contribution in [2.45, 2.75) is 31.2 Å². The standard InChI is InChI=1S/C13H15F2NO2/c1-18-12(17)9-6-8(7-10(14)11(9)15)13(16)4-2-3-5-13/h6-7H,2-5,16H2,1H3. The highest BCUT2D eigenvalue weighted by atomic mass is 19.2. The summed E-state index contributed by atoms with van der Waals surface area (Å²) in [5, 5.41) is 0. The van der Waals surface area contributed by atoms with Gasteiger partial charge >= 0.3 is 5.97 Å². The Labute approximate surface area is 104 Å². The molecule has 0 spiro atoms. The molecule has 1 aliphatic rings. The van der Waals surface area contributed by atoms with Gasteiger partial charge in [-0.05, 0) is 30.5 Å². The van der Waals surface area contributed by atoms with E-state index in [0.717, 1.165) is 26.0 Å². The number of esters is 1. The van der Waals surface area contributed by atoms with Crippen molar-refractivity contribution < 1.29 is 18.3 Å². The van der Waals surface area contributed by atoms with Crippen LogP contribution in [0.5, 0.6) is 0 Å². The Morgan fingerprint density at radius 1 is 1.33 bits per heavy atom. The van der Waals surface area contributed by atoms with Gasteiger partial charge in [-0.2, -0.15) is 0 Å². The molecule has 0 bridgehead atoms. The van der Waals surface area contributed by atoms with E-state index >= 15 is 0 Å². The number of halogens is 2. The van der Waals surface area contributed by atoms with Gasteiger partial charge in [-0.15, -0.1) is 0 Å². The molecule has 0 aliphatic heterocycles. The molecule has 2 rings (SSSR count). The predicted molar refractivity (Wildman–Crippen MR) is 62.0 cm³/mol. The molecule has 1 aromatic rings. The second kappa shape index (κ2) is 4.65. The van der Waals surface area contributed by atoms with E-state index in [0.29, 0.717) is 18.4 Å². The summed E-state index contributed by atoms with van der Waals surface area (Å²) in [6.07, 6.45) is 3.31. The molecule has 2 N–H and O–H groups in total. The normalized spacial score (nSPS) is 17.8. The van der Waals surface area contributed by atoms with Crippen molar-refractivity contribution in [3.05, 3.63) is 34.9 Å². The molecule has 0 atom stereocenters. The third-order valence-electron chi connectivity index (χ3n) is 3.50. The zero-order valence-corrected chi connectivity index (χ0v) is 10.1. The molecule has 1 aromatic carbocycles. The van der Waals surface area contributed by atoms with Crippen molar-refractivity contribution in [3.8, 4) is 0 Å². The summed E-state index contributed by atoms with van der Waals surface area (Å²) in [6.45, 7) is 0. The van der Waals surface area contributed by atoms with Gasteiger partial charge in [0.1, 0.15) is 0 Å². The SMILES string of the molecule is COC(=O)c1cc(C2(N)CCCC2)cc(F)c1F. The molecule has 0 amide bonds. The molecule has 1 fully saturated rings. The zero-order valence-electron chi connectivity index (χ0n) is 10.1. The number of methoxy groups -OCH3 is 1. The van der Waals surface area contributed by atoms with Gasteiger partial charge in [-0.1, -0.05) is 12.8 Å². The zero-order chi connectivity index (χ0) is 13.3. The fraction of sp³-hybridized carbons (Fsp3) is 0.462. The van der Waals surface area contributed by atoms with E-state index in [1.807, 2.05) is 0 Å². The van der Waals surface area contributed by atoms with E-state index in [9.17, 15) is 13.6 Å². The molecule has 98 valence electrons. The maximum Gasteiger partial charge on any atom is 0.340 e. The second-order valence-corrected chi connectivity index (χ2v) is 4.67. The third kappa shape index (κ3) is 2.10. The lowest BCUT2D eigenvalue weighted by Crippen LogP contribution is -2.33. The summed E-state index contributed by atoms with van der Waals surface area (Å²) in [4.78, 5) is 11.4. The van der Waals surface area contributed by atoms with Crippen molar-refractivity contribution in [3.63, 3.8) is 0 Å². The minimum Gasteiger partial charge on any atom is -0.465 e. The first-order valence-corrected chi connectivity index (χ1v) is 5.84. The topological polar surface area (TPSA) is 52.3 Å². The first-order valence-electron chi connectivity index (χ1n) is 5.84. The molecule has 3 nitrogen and oxygen atoms in total. The first-order chi connectivity index (χ1) is 8.48. The Kier molecular flexibility index (Phi) is 3.34. The first kappa shape index (κ1) is 13.0. The van der Waals surface area contributed by atoms with Crippen LogP contribution in [0.2, 0.25) is 0 Å². The predicted octanol–water partition coefficient (Wildman–Crippen LogP) is 2.48. The molecular weight excluding hydrogens is 240 g/mol. The highest BCUT2D eigenvalue weighted by molar-refractivity contribution is 5.90. The Hall–Kier alpha value is -1.49. The van der Waals surface area contributed by atoms with Gasteiger partial charge in [-0.3, -0.25) is 0 Å². The minimum absolute atomic E-state index is 0.399. The van der Waals surface area contributed by atoms with Crippen LogP contribution in [-0.2, 0) is 10.3 Å². The van der Waals surface area contributed by atoms with Gasteiger partial charge in [0.05, 0.1) is 12.7 Å². The van der Waals surface area contributed by atoms with Gasteiger partial charge in [0.25, 0.3) is 0 Å². The molecule has 0 saturated heterocycles. The molecule has 18 heavy (non-hydrogen) atoms. The largest absolute Gasteiger partial charge is 0.465 e. The average molecular weight is 255 g/mol. The number of nitrogens with two attached hydrogens (primary N) is 1. The monoisotopic (exact) mass is 255 g/mol. The Morgan fingerprint density at radius 2 is 1.94 bits per heavy atom.